The first-order valence-corrected chi connectivity index (χ1v) is 8.64. The Labute approximate surface area is 90.4 Å². The second kappa shape index (κ2) is 4.36. The van der Waals surface area contributed by atoms with Gasteiger partial charge in [0.2, 0.25) is 0 Å². The van der Waals surface area contributed by atoms with Crippen LogP contribution in [0.3, 0.4) is 0 Å². The van der Waals surface area contributed by atoms with Crippen LogP contribution in [0.4, 0.5) is 0 Å². The van der Waals surface area contributed by atoms with Gasteiger partial charge in [0.1, 0.15) is 0 Å². The van der Waals surface area contributed by atoms with Crippen molar-refractivity contribution in [1.29, 1.82) is 0 Å². The van der Waals surface area contributed by atoms with E-state index in [0.717, 1.165) is 0 Å². The molecule has 0 bridgehead atoms. The molecule has 1 saturated heterocycles. The molecular formula is C12H26OSi. The zero-order valence-electron chi connectivity index (χ0n) is 10.5. The van der Waals surface area contributed by atoms with Gasteiger partial charge in [-0.3, -0.25) is 0 Å². The average Bonchev–Trinajstić information content (AvgIpc) is 2.16. The third-order valence-corrected chi connectivity index (χ3v) is 8.37. The van der Waals surface area contributed by atoms with Crippen molar-refractivity contribution in [2.45, 2.75) is 71.7 Å². The minimum atomic E-state index is -1.30. The van der Waals surface area contributed by atoms with E-state index in [1.807, 2.05) is 0 Å². The summed E-state index contributed by atoms with van der Waals surface area (Å²) >= 11 is 0. The van der Waals surface area contributed by atoms with Gasteiger partial charge in [0.25, 0.3) is 0 Å². The highest BCUT2D eigenvalue weighted by atomic mass is 28.4. The monoisotopic (exact) mass is 214 g/mol. The van der Waals surface area contributed by atoms with Crippen LogP contribution in [0, 0.1) is 5.41 Å². The SMILES string of the molecule is CC[Si]1(CC)CCCC(C(C)(C)C)O1. The summed E-state index contributed by atoms with van der Waals surface area (Å²) in [6.45, 7) is 11.6. The first kappa shape index (κ1) is 12.2. The molecule has 0 amide bonds. The van der Waals surface area contributed by atoms with Crippen molar-refractivity contribution < 1.29 is 4.43 Å². The molecule has 1 nitrogen and oxygen atoms in total. The second-order valence-corrected chi connectivity index (χ2v) is 10.3. The largest absolute Gasteiger partial charge is 0.413 e. The molecule has 1 atom stereocenters. The molecule has 0 aromatic heterocycles. The van der Waals surface area contributed by atoms with Crippen LogP contribution >= 0.6 is 0 Å². The van der Waals surface area contributed by atoms with Crippen LogP contribution in [0.25, 0.3) is 0 Å². The van der Waals surface area contributed by atoms with Crippen molar-refractivity contribution in [3.63, 3.8) is 0 Å². The van der Waals surface area contributed by atoms with Crippen LogP contribution < -0.4 is 0 Å². The lowest BCUT2D eigenvalue weighted by atomic mass is 9.87. The highest BCUT2D eigenvalue weighted by molar-refractivity contribution is 6.73. The lowest BCUT2D eigenvalue weighted by Gasteiger charge is -2.44. The molecule has 1 aliphatic heterocycles. The summed E-state index contributed by atoms with van der Waals surface area (Å²) in [4.78, 5) is 0. The molecule has 0 aromatic carbocycles. The van der Waals surface area contributed by atoms with Crippen LogP contribution in [0.2, 0.25) is 18.1 Å². The van der Waals surface area contributed by atoms with Gasteiger partial charge in [-0.05, 0) is 30.0 Å². The molecule has 1 aliphatic rings. The van der Waals surface area contributed by atoms with Gasteiger partial charge in [-0.1, -0.05) is 41.0 Å². The minimum absolute atomic E-state index is 0.336. The predicted molar refractivity (Wildman–Crippen MR) is 65.1 cm³/mol. The maximum absolute atomic E-state index is 6.48. The molecule has 1 heterocycles. The molecule has 0 saturated carbocycles. The van der Waals surface area contributed by atoms with Crippen molar-refractivity contribution in [2.75, 3.05) is 0 Å². The van der Waals surface area contributed by atoms with Gasteiger partial charge in [-0.15, -0.1) is 0 Å². The van der Waals surface area contributed by atoms with E-state index in [9.17, 15) is 0 Å². The number of rotatable bonds is 2. The average molecular weight is 214 g/mol. The summed E-state index contributed by atoms with van der Waals surface area (Å²) in [5, 5.41) is 0. The molecule has 0 spiro atoms. The molecule has 1 rings (SSSR count). The minimum Gasteiger partial charge on any atom is -0.413 e. The van der Waals surface area contributed by atoms with Gasteiger partial charge in [0, 0.05) is 6.10 Å². The molecule has 84 valence electrons. The van der Waals surface area contributed by atoms with Gasteiger partial charge in [-0.2, -0.15) is 0 Å². The van der Waals surface area contributed by atoms with Crippen molar-refractivity contribution in [3.8, 4) is 0 Å². The number of hydrogen-bond acceptors (Lipinski definition) is 1. The third-order valence-electron chi connectivity index (χ3n) is 3.75. The smallest absolute Gasteiger partial charge is 0.192 e. The standard InChI is InChI=1S/C12H26OSi/c1-6-14(7-2)10-8-9-11(13-14)12(3,4)5/h11H,6-10H2,1-5H3. The Hall–Kier alpha value is 0.177. The Morgan fingerprint density at radius 1 is 1.21 bits per heavy atom. The number of hydrogen-bond donors (Lipinski definition) is 0. The third kappa shape index (κ3) is 2.60. The summed E-state index contributed by atoms with van der Waals surface area (Å²) in [6.07, 6.45) is 3.19. The van der Waals surface area contributed by atoms with Crippen LogP contribution in [0.1, 0.15) is 47.5 Å². The Morgan fingerprint density at radius 2 is 1.79 bits per heavy atom. The Morgan fingerprint density at radius 3 is 2.21 bits per heavy atom. The van der Waals surface area contributed by atoms with E-state index >= 15 is 0 Å². The molecule has 0 aromatic rings. The second-order valence-electron chi connectivity index (χ2n) is 5.75. The molecule has 2 heteroatoms. The van der Waals surface area contributed by atoms with E-state index in [2.05, 4.69) is 34.6 Å². The maximum atomic E-state index is 6.48. The van der Waals surface area contributed by atoms with Crippen molar-refractivity contribution in [2.24, 2.45) is 5.41 Å². The van der Waals surface area contributed by atoms with E-state index in [0.29, 0.717) is 11.5 Å². The summed E-state index contributed by atoms with van der Waals surface area (Å²) < 4.78 is 6.48. The maximum Gasteiger partial charge on any atom is 0.192 e. The van der Waals surface area contributed by atoms with E-state index < -0.39 is 8.32 Å². The first-order valence-electron chi connectivity index (χ1n) is 6.11. The Kier molecular flexibility index (Phi) is 3.81. The van der Waals surface area contributed by atoms with Gasteiger partial charge >= 0.3 is 0 Å². The zero-order valence-corrected chi connectivity index (χ0v) is 11.5. The van der Waals surface area contributed by atoms with Crippen molar-refractivity contribution >= 4 is 8.32 Å². The fraction of sp³-hybridized carbons (Fsp3) is 1.00. The summed E-state index contributed by atoms with van der Waals surface area (Å²) in [5.41, 5.74) is 0.336. The van der Waals surface area contributed by atoms with Crippen molar-refractivity contribution in [1.82, 2.24) is 0 Å². The fourth-order valence-corrected chi connectivity index (χ4v) is 5.99. The first-order chi connectivity index (χ1) is 6.43. The zero-order chi connectivity index (χ0) is 10.8. The molecule has 1 unspecified atom stereocenters. The summed E-state index contributed by atoms with van der Waals surface area (Å²) in [6, 6.07) is 4.00. The molecule has 0 aliphatic carbocycles. The highest BCUT2D eigenvalue weighted by Gasteiger charge is 2.40. The summed E-state index contributed by atoms with van der Waals surface area (Å²) in [5.74, 6) is 0. The van der Waals surface area contributed by atoms with E-state index in [1.54, 1.807) is 0 Å². The van der Waals surface area contributed by atoms with E-state index in [1.165, 1.54) is 31.0 Å². The van der Waals surface area contributed by atoms with Crippen LogP contribution in [0.5, 0.6) is 0 Å². The normalized spacial score (nSPS) is 27.6. The van der Waals surface area contributed by atoms with Crippen LogP contribution in [-0.2, 0) is 4.43 Å². The van der Waals surface area contributed by atoms with Crippen LogP contribution in [-0.4, -0.2) is 14.4 Å². The fourth-order valence-electron chi connectivity index (χ4n) is 2.41. The molecule has 1 fully saturated rings. The molecule has 0 N–H and O–H groups in total. The van der Waals surface area contributed by atoms with Gasteiger partial charge in [-0.25, -0.2) is 0 Å². The van der Waals surface area contributed by atoms with Gasteiger partial charge in [0.05, 0.1) is 0 Å². The van der Waals surface area contributed by atoms with Crippen LogP contribution in [0.15, 0.2) is 0 Å². The molecule has 0 radical (unpaired) electrons. The molecular weight excluding hydrogens is 188 g/mol. The van der Waals surface area contributed by atoms with E-state index in [4.69, 9.17) is 4.43 Å². The highest BCUT2D eigenvalue weighted by Crippen LogP contribution is 2.38. The van der Waals surface area contributed by atoms with E-state index in [-0.39, 0.29) is 0 Å². The van der Waals surface area contributed by atoms with Gasteiger partial charge < -0.3 is 4.43 Å². The summed E-state index contributed by atoms with van der Waals surface area (Å²) in [7, 11) is -1.30. The predicted octanol–water partition coefficient (Wildman–Crippen LogP) is 4.20. The van der Waals surface area contributed by atoms with Gasteiger partial charge in [0.15, 0.2) is 8.32 Å². The Bertz CT molecular complexity index is 179. The quantitative estimate of drug-likeness (QED) is 0.626. The topological polar surface area (TPSA) is 9.23 Å². The Balaban J connectivity index is 2.68. The lowest BCUT2D eigenvalue weighted by Crippen LogP contribution is -2.48. The van der Waals surface area contributed by atoms with Crippen molar-refractivity contribution in [3.05, 3.63) is 0 Å². The lowest BCUT2D eigenvalue weighted by molar-refractivity contribution is 0.0542. The molecule has 14 heavy (non-hydrogen) atoms.